The van der Waals surface area contributed by atoms with Gasteiger partial charge in [-0.1, -0.05) is 25.7 Å². The van der Waals surface area contributed by atoms with Gasteiger partial charge in [0.15, 0.2) is 0 Å². The van der Waals surface area contributed by atoms with Crippen LogP contribution in [0.15, 0.2) is 24.3 Å². The van der Waals surface area contributed by atoms with Gasteiger partial charge in [-0.25, -0.2) is 0 Å². The molecule has 0 atom stereocenters. The smallest absolute Gasteiger partial charge is 0.239 e. The molecule has 0 saturated heterocycles. The van der Waals surface area contributed by atoms with Gasteiger partial charge in [-0.05, 0) is 57.9 Å². The number of benzene rings is 1. The Morgan fingerprint density at radius 1 is 1.04 bits per heavy atom. The monoisotopic (exact) mass is 346 g/mol. The molecule has 1 aromatic rings. The third kappa shape index (κ3) is 5.48. The first-order chi connectivity index (χ1) is 11.9. The molecule has 0 aliphatic heterocycles. The van der Waals surface area contributed by atoms with E-state index in [2.05, 4.69) is 10.6 Å². The van der Waals surface area contributed by atoms with Gasteiger partial charge in [-0.2, -0.15) is 0 Å². The van der Waals surface area contributed by atoms with E-state index in [1.165, 1.54) is 12.8 Å². The Hall–Kier alpha value is -2.04. The van der Waals surface area contributed by atoms with Crippen molar-refractivity contribution in [3.05, 3.63) is 24.3 Å². The van der Waals surface area contributed by atoms with Gasteiger partial charge in [0.05, 0.1) is 6.61 Å². The SMILES string of the molecule is CCOc1ccc(NC(=O)C(C)(C)C(=O)NC2CCCCCC2)cc1. The summed E-state index contributed by atoms with van der Waals surface area (Å²) in [5.41, 5.74) is -0.464. The fourth-order valence-electron chi connectivity index (χ4n) is 2.98. The Bertz CT molecular complexity index is 573. The molecule has 2 N–H and O–H groups in total. The highest BCUT2D eigenvalue weighted by molar-refractivity contribution is 6.09. The minimum absolute atomic E-state index is 0.188. The van der Waals surface area contributed by atoms with Crippen LogP contribution < -0.4 is 15.4 Å². The van der Waals surface area contributed by atoms with E-state index in [0.717, 1.165) is 31.4 Å². The van der Waals surface area contributed by atoms with Crippen LogP contribution in [0.4, 0.5) is 5.69 Å². The minimum atomic E-state index is -1.12. The molecule has 2 amide bonds. The summed E-state index contributed by atoms with van der Waals surface area (Å²) in [6.07, 6.45) is 6.75. The zero-order chi connectivity index (χ0) is 18.3. The largest absolute Gasteiger partial charge is 0.494 e. The average Bonchev–Trinajstić information content (AvgIpc) is 2.85. The molecular formula is C20H30N2O3. The topological polar surface area (TPSA) is 67.4 Å². The molecule has 0 spiro atoms. The molecule has 138 valence electrons. The maximum Gasteiger partial charge on any atom is 0.239 e. The number of ether oxygens (including phenoxy) is 1. The highest BCUT2D eigenvalue weighted by Crippen LogP contribution is 2.23. The summed E-state index contributed by atoms with van der Waals surface area (Å²) < 4.78 is 5.39. The van der Waals surface area contributed by atoms with Gasteiger partial charge in [0.25, 0.3) is 0 Å². The van der Waals surface area contributed by atoms with Gasteiger partial charge in [0.2, 0.25) is 11.8 Å². The van der Waals surface area contributed by atoms with Crippen molar-refractivity contribution >= 4 is 17.5 Å². The summed E-state index contributed by atoms with van der Waals surface area (Å²) in [7, 11) is 0. The summed E-state index contributed by atoms with van der Waals surface area (Å²) >= 11 is 0. The second-order valence-electron chi connectivity index (χ2n) is 7.20. The lowest BCUT2D eigenvalue weighted by Crippen LogP contribution is -2.48. The fourth-order valence-corrected chi connectivity index (χ4v) is 2.98. The van der Waals surface area contributed by atoms with Crippen LogP contribution in [-0.4, -0.2) is 24.5 Å². The highest BCUT2D eigenvalue weighted by atomic mass is 16.5. The molecular weight excluding hydrogens is 316 g/mol. The van der Waals surface area contributed by atoms with Crippen LogP contribution in [0.25, 0.3) is 0 Å². The molecule has 5 heteroatoms. The highest BCUT2D eigenvalue weighted by Gasteiger charge is 2.37. The van der Waals surface area contributed by atoms with E-state index in [9.17, 15) is 9.59 Å². The van der Waals surface area contributed by atoms with E-state index in [1.807, 2.05) is 6.92 Å². The number of nitrogens with one attached hydrogen (secondary N) is 2. The van der Waals surface area contributed by atoms with Crippen molar-refractivity contribution in [3.8, 4) is 5.75 Å². The molecule has 25 heavy (non-hydrogen) atoms. The van der Waals surface area contributed by atoms with Crippen LogP contribution in [0.3, 0.4) is 0 Å². The third-order valence-electron chi connectivity index (χ3n) is 4.75. The number of hydrogen-bond acceptors (Lipinski definition) is 3. The quantitative estimate of drug-likeness (QED) is 0.606. The van der Waals surface area contributed by atoms with Crippen LogP contribution in [-0.2, 0) is 9.59 Å². The summed E-state index contributed by atoms with van der Waals surface area (Å²) in [5.74, 6) is 0.247. The van der Waals surface area contributed by atoms with Crippen LogP contribution >= 0.6 is 0 Å². The van der Waals surface area contributed by atoms with Crippen molar-refractivity contribution in [3.63, 3.8) is 0 Å². The molecule has 1 fully saturated rings. The lowest BCUT2D eigenvalue weighted by Gasteiger charge is -2.26. The second-order valence-corrected chi connectivity index (χ2v) is 7.20. The van der Waals surface area contributed by atoms with E-state index >= 15 is 0 Å². The van der Waals surface area contributed by atoms with Gasteiger partial charge in [0.1, 0.15) is 11.2 Å². The van der Waals surface area contributed by atoms with E-state index in [1.54, 1.807) is 38.1 Å². The van der Waals surface area contributed by atoms with Crippen molar-refractivity contribution in [2.45, 2.75) is 65.3 Å². The molecule has 1 aliphatic rings. The van der Waals surface area contributed by atoms with Crippen molar-refractivity contribution in [2.24, 2.45) is 5.41 Å². The second kappa shape index (κ2) is 8.88. The number of rotatable bonds is 6. The Morgan fingerprint density at radius 3 is 2.20 bits per heavy atom. The first-order valence-electron chi connectivity index (χ1n) is 9.28. The maximum atomic E-state index is 12.6. The Labute approximate surface area is 150 Å². The van der Waals surface area contributed by atoms with Crippen molar-refractivity contribution < 1.29 is 14.3 Å². The number of carbonyl (C=O) groups excluding carboxylic acids is 2. The number of amides is 2. The van der Waals surface area contributed by atoms with E-state index in [-0.39, 0.29) is 17.9 Å². The van der Waals surface area contributed by atoms with Crippen molar-refractivity contribution in [1.82, 2.24) is 5.32 Å². The molecule has 0 unspecified atom stereocenters. The van der Waals surface area contributed by atoms with Gasteiger partial charge in [-0.3, -0.25) is 9.59 Å². The van der Waals surface area contributed by atoms with Crippen LogP contribution in [0, 0.1) is 5.41 Å². The van der Waals surface area contributed by atoms with E-state index in [4.69, 9.17) is 4.74 Å². The summed E-state index contributed by atoms with van der Waals surface area (Å²) in [6, 6.07) is 7.35. The summed E-state index contributed by atoms with van der Waals surface area (Å²) in [5, 5.41) is 5.90. The van der Waals surface area contributed by atoms with Crippen LogP contribution in [0.5, 0.6) is 5.75 Å². The summed E-state index contributed by atoms with van der Waals surface area (Å²) in [6.45, 7) is 5.86. The molecule has 2 rings (SSSR count). The van der Waals surface area contributed by atoms with Gasteiger partial charge in [0, 0.05) is 11.7 Å². The Kier molecular flexibility index (Phi) is 6.85. The zero-order valence-corrected chi connectivity index (χ0v) is 15.6. The molecule has 5 nitrogen and oxygen atoms in total. The lowest BCUT2D eigenvalue weighted by molar-refractivity contribution is -0.138. The molecule has 0 heterocycles. The fraction of sp³-hybridized carbons (Fsp3) is 0.600. The Morgan fingerprint density at radius 2 is 1.64 bits per heavy atom. The van der Waals surface area contributed by atoms with Crippen LogP contribution in [0.1, 0.15) is 59.3 Å². The predicted octanol–water partition coefficient (Wildman–Crippen LogP) is 3.89. The Balaban J connectivity index is 1.94. The molecule has 0 radical (unpaired) electrons. The third-order valence-corrected chi connectivity index (χ3v) is 4.75. The molecule has 1 aromatic carbocycles. The first-order valence-corrected chi connectivity index (χ1v) is 9.28. The minimum Gasteiger partial charge on any atom is -0.494 e. The molecule has 0 bridgehead atoms. The van der Waals surface area contributed by atoms with Crippen molar-refractivity contribution in [1.29, 1.82) is 0 Å². The van der Waals surface area contributed by atoms with Gasteiger partial charge >= 0.3 is 0 Å². The number of anilines is 1. The van der Waals surface area contributed by atoms with E-state index in [0.29, 0.717) is 12.3 Å². The predicted molar refractivity (Wildman–Crippen MR) is 99.7 cm³/mol. The molecule has 0 aromatic heterocycles. The van der Waals surface area contributed by atoms with Crippen LogP contribution in [0.2, 0.25) is 0 Å². The normalized spacial score (nSPS) is 16.0. The number of carbonyl (C=O) groups is 2. The van der Waals surface area contributed by atoms with E-state index < -0.39 is 5.41 Å². The number of hydrogen-bond donors (Lipinski definition) is 2. The molecule has 1 saturated carbocycles. The molecule has 1 aliphatic carbocycles. The van der Waals surface area contributed by atoms with Gasteiger partial charge < -0.3 is 15.4 Å². The van der Waals surface area contributed by atoms with Gasteiger partial charge in [-0.15, -0.1) is 0 Å². The zero-order valence-electron chi connectivity index (χ0n) is 15.6. The maximum absolute atomic E-state index is 12.6. The lowest BCUT2D eigenvalue weighted by atomic mass is 9.90. The summed E-state index contributed by atoms with van der Waals surface area (Å²) in [4.78, 5) is 25.2. The average molecular weight is 346 g/mol. The first kappa shape index (κ1) is 19.3. The standard InChI is InChI=1S/C20H30N2O3/c1-4-25-17-13-11-16(12-14-17)22-19(24)20(2,3)18(23)21-15-9-7-5-6-8-10-15/h11-15H,4-10H2,1-3H3,(H,21,23)(H,22,24). The van der Waals surface area contributed by atoms with Crippen molar-refractivity contribution in [2.75, 3.05) is 11.9 Å².